The number of rotatable bonds is 12. The molecule has 1 aliphatic rings. The molecule has 0 bridgehead atoms. The first kappa shape index (κ1) is 33.9. The summed E-state index contributed by atoms with van der Waals surface area (Å²) in [6, 6.07) is 17.1. The van der Waals surface area contributed by atoms with E-state index < -0.39 is 79.8 Å². The maximum absolute atomic E-state index is 12.9. The van der Waals surface area contributed by atoms with Crippen LogP contribution in [0.5, 0.6) is 0 Å². The van der Waals surface area contributed by atoms with E-state index in [2.05, 4.69) is 4.99 Å². The Morgan fingerprint density at radius 1 is 0.727 bits per heavy atom. The molecular weight excluding hydrogens is 578 g/mol. The molecule has 0 unspecified atom stereocenters. The van der Waals surface area contributed by atoms with E-state index in [4.69, 9.17) is 33.2 Å². The molecule has 1 saturated heterocycles. The fraction of sp³-hybridized carbons (Fsp3) is 0.419. The molecule has 3 rings (SSSR count). The molecule has 1 heterocycles. The van der Waals surface area contributed by atoms with E-state index in [1.165, 1.54) is 14.0 Å². The Bertz CT molecular complexity index is 1290. The van der Waals surface area contributed by atoms with Crippen LogP contribution in [-0.2, 0) is 57.1 Å². The van der Waals surface area contributed by atoms with Gasteiger partial charge in [0.05, 0.1) is 19.4 Å². The molecule has 236 valence electrons. The van der Waals surface area contributed by atoms with Crippen molar-refractivity contribution in [2.24, 2.45) is 4.99 Å². The molecule has 1 fully saturated rings. The minimum absolute atomic E-state index is 0.428. The Morgan fingerprint density at radius 2 is 1.23 bits per heavy atom. The van der Waals surface area contributed by atoms with E-state index in [1.807, 2.05) is 60.7 Å². The fourth-order valence-electron chi connectivity index (χ4n) is 4.47. The van der Waals surface area contributed by atoms with Crippen molar-refractivity contribution < 1.29 is 57.1 Å². The molecule has 44 heavy (non-hydrogen) atoms. The number of benzene rings is 2. The van der Waals surface area contributed by atoms with Gasteiger partial charge in [0.25, 0.3) is 0 Å². The van der Waals surface area contributed by atoms with Crippen molar-refractivity contribution in [3.8, 4) is 0 Å². The lowest BCUT2D eigenvalue weighted by Crippen LogP contribution is -2.63. The van der Waals surface area contributed by atoms with Gasteiger partial charge in [0.15, 0.2) is 30.6 Å². The van der Waals surface area contributed by atoms with Gasteiger partial charge in [0.1, 0.15) is 12.7 Å². The minimum Gasteiger partial charge on any atom is -0.467 e. The summed E-state index contributed by atoms with van der Waals surface area (Å²) in [5.74, 6) is -3.74. The first-order valence-electron chi connectivity index (χ1n) is 13.7. The van der Waals surface area contributed by atoms with Gasteiger partial charge in [0.2, 0.25) is 0 Å². The quantitative estimate of drug-likeness (QED) is 0.195. The molecule has 0 aliphatic carbocycles. The van der Waals surface area contributed by atoms with Crippen molar-refractivity contribution in [1.82, 2.24) is 0 Å². The predicted octanol–water partition coefficient (Wildman–Crippen LogP) is 2.17. The van der Waals surface area contributed by atoms with Gasteiger partial charge in [-0.1, -0.05) is 60.7 Å². The number of nitrogens with zero attached hydrogens (tertiary/aromatic N) is 1. The highest BCUT2D eigenvalue weighted by Gasteiger charge is 2.53. The number of hydrogen-bond donors (Lipinski definition) is 0. The van der Waals surface area contributed by atoms with Gasteiger partial charge in [-0.2, -0.15) is 0 Å². The number of carbonyl (C=O) groups excluding carboxylic acids is 5. The van der Waals surface area contributed by atoms with Crippen molar-refractivity contribution in [2.75, 3.05) is 20.3 Å². The first-order chi connectivity index (χ1) is 21.0. The molecule has 0 spiro atoms. The summed E-state index contributed by atoms with van der Waals surface area (Å²) in [5.41, 5.74) is 1.92. The Hall–Kier alpha value is -4.62. The van der Waals surface area contributed by atoms with Gasteiger partial charge in [-0.25, -0.2) is 4.79 Å². The van der Waals surface area contributed by atoms with Crippen LogP contribution in [-0.4, -0.2) is 92.6 Å². The molecule has 2 aromatic carbocycles. The third-order valence-corrected chi connectivity index (χ3v) is 6.22. The van der Waals surface area contributed by atoms with Crippen molar-refractivity contribution in [1.29, 1.82) is 0 Å². The molecule has 0 aromatic heterocycles. The zero-order chi connectivity index (χ0) is 32.2. The number of methoxy groups -OCH3 is 1. The molecule has 0 N–H and O–H groups in total. The number of ether oxygens (including phenoxy) is 7. The zero-order valence-electron chi connectivity index (χ0n) is 25.0. The second-order valence-electron chi connectivity index (χ2n) is 9.65. The summed E-state index contributed by atoms with van der Waals surface area (Å²) in [6.07, 6.45) is -6.94. The van der Waals surface area contributed by atoms with Crippen LogP contribution in [0.2, 0.25) is 0 Å². The van der Waals surface area contributed by atoms with Crippen LogP contribution >= 0.6 is 0 Å². The minimum atomic E-state index is -1.49. The molecule has 13 heteroatoms. The lowest BCUT2D eigenvalue weighted by atomic mass is 9.98. The van der Waals surface area contributed by atoms with Crippen molar-refractivity contribution in [3.05, 3.63) is 71.8 Å². The summed E-state index contributed by atoms with van der Waals surface area (Å²) < 4.78 is 38.3. The second-order valence-corrected chi connectivity index (χ2v) is 9.65. The first-order valence-corrected chi connectivity index (χ1v) is 13.7. The van der Waals surface area contributed by atoms with Crippen molar-refractivity contribution in [2.45, 2.75) is 64.4 Å². The SMILES string of the molecule is COC(=O)[C@H](CO[C@@H]1O[C@H](COC(C)=O)[C@@H](OC(C)=O)[C@H](OC(C)=O)[C@H]1OC(C)=O)N=C(c1ccccc1)c1ccccc1. The smallest absolute Gasteiger partial charge is 0.333 e. The van der Waals surface area contributed by atoms with Crippen LogP contribution in [0.15, 0.2) is 65.7 Å². The van der Waals surface area contributed by atoms with Crippen LogP contribution in [0.25, 0.3) is 0 Å². The lowest BCUT2D eigenvalue weighted by Gasteiger charge is -2.44. The summed E-state index contributed by atoms with van der Waals surface area (Å²) in [7, 11) is 1.20. The zero-order valence-corrected chi connectivity index (χ0v) is 25.0. The number of esters is 5. The maximum Gasteiger partial charge on any atom is 0.333 e. The largest absolute Gasteiger partial charge is 0.467 e. The van der Waals surface area contributed by atoms with Crippen LogP contribution in [0.3, 0.4) is 0 Å². The van der Waals surface area contributed by atoms with Gasteiger partial charge < -0.3 is 33.2 Å². The Morgan fingerprint density at radius 3 is 1.70 bits per heavy atom. The summed E-state index contributed by atoms with van der Waals surface area (Å²) in [4.78, 5) is 65.4. The topological polar surface area (TPSA) is 162 Å². The van der Waals surface area contributed by atoms with E-state index >= 15 is 0 Å². The highest BCUT2D eigenvalue weighted by atomic mass is 16.7. The highest BCUT2D eigenvalue weighted by Crippen LogP contribution is 2.30. The van der Waals surface area contributed by atoms with Crippen molar-refractivity contribution >= 4 is 35.6 Å². The van der Waals surface area contributed by atoms with Crippen molar-refractivity contribution in [3.63, 3.8) is 0 Å². The molecule has 0 radical (unpaired) electrons. The number of carbonyl (C=O) groups is 5. The third-order valence-electron chi connectivity index (χ3n) is 6.22. The average molecular weight is 614 g/mol. The monoisotopic (exact) mass is 613 g/mol. The summed E-state index contributed by atoms with van der Waals surface area (Å²) in [6.45, 7) is 3.64. The van der Waals surface area contributed by atoms with Gasteiger partial charge in [-0.15, -0.1) is 0 Å². The van der Waals surface area contributed by atoms with E-state index in [1.54, 1.807) is 0 Å². The normalized spacial score (nSPS) is 21.6. The fourth-order valence-corrected chi connectivity index (χ4v) is 4.47. The van der Waals surface area contributed by atoms with Crippen LogP contribution < -0.4 is 0 Å². The molecule has 0 amide bonds. The number of aliphatic imine (C=N–C) groups is 1. The second kappa shape index (κ2) is 16.3. The summed E-state index contributed by atoms with van der Waals surface area (Å²) >= 11 is 0. The van der Waals surface area contributed by atoms with Crippen LogP contribution in [0.1, 0.15) is 38.8 Å². The van der Waals surface area contributed by atoms with Crippen LogP contribution in [0.4, 0.5) is 0 Å². The Kier molecular flexibility index (Phi) is 12.5. The summed E-state index contributed by atoms with van der Waals surface area (Å²) in [5, 5.41) is 0. The van der Waals surface area contributed by atoms with E-state index in [9.17, 15) is 24.0 Å². The number of hydrogen-bond acceptors (Lipinski definition) is 13. The maximum atomic E-state index is 12.9. The van der Waals surface area contributed by atoms with E-state index in [0.29, 0.717) is 5.71 Å². The van der Waals surface area contributed by atoms with E-state index in [0.717, 1.165) is 31.9 Å². The third kappa shape index (κ3) is 9.71. The van der Waals surface area contributed by atoms with Gasteiger partial charge in [-0.05, 0) is 0 Å². The molecule has 1 aliphatic heterocycles. The van der Waals surface area contributed by atoms with Gasteiger partial charge in [0, 0.05) is 38.8 Å². The molecule has 0 saturated carbocycles. The average Bonchev–Trinajstić information content (AvgIpc) is 2.98. The molecular formula is C31H35NO12. The molecule has 6 atom stereocenters. The lowest BCUT2D eigenvalue weighted by molar-refractivity contribution is -0.308. The Balaban J connectivity index is 2.01. The van der Waals surface area contributed by atoms with Gasteiger partial charge in [-0.3, -0.25) is 24.2 Å². The molecule has 2 aromatic rings. The highest BCUT2D eigenvalue weighted by molar-refractivity contribution is 6.13. The van der Waals surface area contributed by atoms with Gasteiger partial charge >= 0.3 is 29.8 Å². The molecule has 13 nitrogen and oxygen atoms in total. The van der Waals surface area contributed by atoms with E-state index in [-0.39, 0.29) is 0 Å². The Labute approximate surface area is 254 Å². The van der Waals surface area contributed by atoms with Crippen LogP contribution in [0, 0.1) is 0 Å². The standard InChI is InChI=1S/C31H35NO12/c1-18(33)39-17-25-27(41-19(2)34)28(42-20(3)35)29(43-21(4)36)31(44-25)40-16-24(30(37)38-5)32-26(22-12-8-6-9-13-22)23-14-10-7-11-15-23/h6-15,24-25,27-29,31H,16-17H2,1-5H3/t24-,25+,27+,28-,29+,31+/m0/s1. The predicted molar refractivity (Wildman–Crippen MR) is 152 cm³/mol.